The second-order valence-corrected chi connectivity index (χ2v) is 9.50. The van der Waals surface area contributed by atoms with Crippen LogP contribution < -0.4 is 4.74 Å². The third kappa shape index (κ3) is 5.80. The molecule has 3 aromatic rings. The third-order valence-electron chi connectivity index (χ3n) is 5.92. The molecule has 1 aliphatic heterocycles. The summed E-state index contributed by atoms with van der Waals surface area (Å²) in [5, 5.41) is 10.8. The number of nitrogens with zero attached hydrogens (tertiary/aromatic N) is 1. The molecule has 1 saturated heterocycles. The van der Waals surface area contributed by atoms with Crippen LogP contribution in [-0.2, 0) is 0 Å². The fraction of sp³-hybridized carbons (Fsp3) is 0.286. The molecule has 1 fully saturated rings. The summed E-state index contributed by atoms with van der Waals surface area (Å²) < 4.78 is 7.19. The van der Waals surface area contributed by atoms with E-state index in [2.05, 4.69) is 76.0 Å². The molecule has 32 heavy (non-hydrogen) atoms. The van der Waals surface area contributed by atoms with Gasteiger partial charge in [0.1, 0.15) is 12.4 Å². The topological polar surface area (TPSA) is 32.7 Å². The predicted molar refractivity (Wildman–Crippen MR) is 141 cm³/mol. The molecule has 1 heterocycles. The maximum absolute atomic E-state index is 10.8. The molecule has 0 spiro atoms. The van der Waals surface area contributed by atoms with Crippen molar-refractivity contribution in [2.24, 2.45) is 0 Å². The van der Waals surface area contributed by atoms with Crippen LogP contribution in [-0.4, -0.2) is 42.4 Å². The first kappa shape index (κ1) is 23.0. The van der Waals surface area contributed by atoms with Crippen LogP contribution in [0.25, 0.3) is 11.1 Å². The smallest absolute Gasteiger partial charge is 0.119 e. The number of aliphatic hydroxyl groups excluding tert-OH is 1. The van der Waals surface area contributed by atoms with E-state index in [-0.39, 0.29) is 0 Å². The molecule has 0 aliphatic carbocycles. The third-order valence-corrected chi connectivity index (χ3v) is 6.64. The van der Waals surface area contributed by atoms with Crippen molar-refractivity contribution in [2.45, 2.75) is 25.9 Å². The van der Waals surface area contributed by atoms with Gasteiger partial charge in [-0.1, -0.05) is 54.6 Å². The number of likely N-dealkylation sites (tertiary alicyclic amines) is 1. The molecule has 1 N–H and O–H groups in total. The molecular weight excluding hydrogens is 509 g/mol. The van der Waals surface area contributed by atoms with Crippen LogP contribution in [0.1, 0.15) is 36.5 Å². The van der Waals surface area contributed by atoms with E-state index < -0.39 is 6.10 Å². The quantitative estimate of drug-likeness (QED) is 0.277. The Hall–Kier alpha value is -2.15. The van der Waals surface area contributed by atoms with Crippen molar-refractivity contribution in [1.29, 1.82) is 0 Å². The molecule has 0 radical (unpaired) electrons. The van der Waals surface area contributed by atoms with Crippen molar-refractivity contribution < 1.29 is 9.84 Å². The van der Waals surface area contributed by atoms with Crippen LogP contribution in [0.5, 0.6) is 5.75 Å². The standard InChI is InChI=1S/C28H30INO2/c1-21(31)27(22-7-3-2-4-8-22)28(23-9-13-25(29)14-10-23)24-11-15-26(16-12-24)32-20-19-30-17-5-6-18-30/h2-4,7-16,21,31H,5-6,17-20H2,1H3/b28-27-. The van der Waals surface area contributed by atoms with Crippen LogP contribution >= 0.6 is 22.6 Å². The summed E-state index contributed by atoms with van der Waals surface area (Å²) >= 11 is 2.32. The number of benzene rings is 3. The number of rotatable bonds is 8. The highest BCUT2D eigenvalue weighted by atomic mass is 127. The van der Waals surface area contributed by atoms with E-state index in [4.69, 9.17) is 4.74 Å². The van der Waals surface area contributed by atoms with Crippen molar-refractivity contribution in [3.63, 3.8) is 0 Å². The van der Waals surface area contributed by atoms with E-state index in [0.717, 1.165) is 40.1 Å². The van der Waals surface area contributed by atoms with E-state index in [9.17, 15) is 5.11 Å². The minimum atomic E-state index is -0.608. The molecule has 0 amide bonds. The van der Waals surface area contributed by atoms with E-state index in [1.165, 1.54) is 29.5 Å². The summed E-state index contributed by atoms with van der Waals surface area (Å²) in [4.78, 5) is 2.46. The highest BCUT2D eigenvalue weighted by molar-refractivity contribution is 14.1. The zero-order chi connectivity index (χ0) is 22.3. The fourth-order valence-corrected chi connectivity index (χ4v) is 4.68. The van der Waals surface area contributed by atoms with E-state index in [1.807, 2.05) is 37.3 Å². The fourth-order valence-electron chi connectivity index (χ4n) is 4.32. The van der Waals surface area contributed by atoms with Crippen LogP contribution in [0.3, 0.4) is 0 Å². The van der Waals surface area contributed by atoms with Crippen molar-refractivity contribution >= 4 is 33.7 Å². The average Bonchev–Trinajstić information content (AvgIpc) is 3.33. The monoisotopic (exact) mass is 539 g/mol. The number of hydrogen-bond acceptors (Lipinski definition) is 3. The molecule has 3 nitrogen and oxygen atoms in total. The Balaban J connectivity index is 1.66. The second kappa shape index (κ2) is 11.1. The Morgan fingerprint density at radius 1 is 0.875 bits per heavy atom. The summed E-state index contributed by atoms with van der Waals surface area (Å²) in [6, 6.07) is 26.9. The molecule has 1 unspecified atom stereocenters. The van der Waals surface area contributed by atoms with Gasteiger partial charge in [-0.2, -0.15) is 0 Å². The lowest BCUT2D eigenvalue weighted by molar-refractivity contribution is 0.238. The molecule has 1 atom stereocenters. The van der Waals surface area contributed by atoms with Crippen LogP contribution in [0.15, 0.2) is 78.9 Å². The lowest BCUT2D eigenvalue weighted by Gasteiger charge is -2.20. The Morgan fingerprint density at radius 2 is 1.47 bits per heavy atom. The minimum Gasteiger partial charge on any atom is -0.492 e. The van der Waals surface area contributed by atoms with Crippen LogP contribution in [0.4, 0.5) is 0 Å². The Bertz CT molecular complexity index is 1020. The number of halogens is 1. The van der Waals surface area contributed by atoms with Gasteiger partial charge in [0.15, 0.2) is 0 Å². The van der Waals surface area contributed by atoms with Gasteiger partial charge in [-0.3, -0.25) is 4.90 Å². The van der Waals surface area contributed by atoms with E-state index in [0.29, 0.717) is 6.61 Å². The van der Waals surface area contributed by atoms with Crippen LogP contribution in [0, 0.1) is 3.57 Å². The predicted octanol–water partition coefficient (Wildman–Crippen LogP) is 6.11. The Morgan fingerprint density at radius 3 is 2.06 bits per heavy atom. The molecular formula is C28H30INO2. The van der Waals surface area contributed by atoms with Gasteiger partial charge in [0.25, 0.3) is 0 Å². The molecule has 0 aromatic heterocycles. The summed E-state index contributed by atoms with van der Waals surface area (Å²) in [5.74, 6) is 0.883. The van der Waals surface area contributed by atoms with Crippen molar-refractivity contribution in [3.8, 4) is 5.75 Å². The van der Waals surface area contributed by atoms with Gasteiger partial charge >= 0.3 is 0 Å². The first-order valence-electron chi connectivity index (χ1n) is 11.3. The van der Waals surface area contributed by atoms with E-state index >= 15 is 0 Å². The first-order valence-corrected chi connectivity index (χ1v) is 12.4. The summed E-state index contributed by atoms with van der Waals surface area (Å²) in [5.41, 5.74) is 5.16. The molecule has 3 aromatic carbocycles. The Kier molecular flexibility index (Phi) is 8.00. The van der Waals surface area contributed by atoms with Gasteiger partial charge in [0, 0.05) is 10.1 Å². The van der Waals surface area contributed by atoms with Crippen molar-refractivity contribution in [3.05, 3.63) is 99.1 Å². The van der Waals surface area contributed by atoms with Crippen LogP contribution in [0.2, 0.25) is 0 Å². The first-order chi connectivity index (χ1) is 15.6. The lowest BCUT2D eigenvalue weighted by Crippen LogP contribution is -2.25. The Labute approximate surface area is 204 Å². The van der Waals surface area contributed by atoms with Gasteiger partial charge in [0.05, 0.1) is 6.10 Å². The summed E-state index contributed by atoms with van der Waals surface area (Å²) in [6.07, 6.45) is 1.99. The number of hydrogen-bond donors (Lipinski definition) is 1. The minimum absolute atomic E-state index is 0.608. The van der Waals surface area contributed by atoms with Gasteiger partial charge in [-0.05, 0) is 108 Å². The largest absolute Gasteiger partial charge is 0.492 e. The molecule has 4 rings (SSSR count). The van der Waals surface area contributed by atoms with Crippen molar-refractivity contribution in [1.82, 2.24) is 4.90 Å². The van der Waals surface area contributed by atoms with Gasteiger partial charge in [-0.25, -0.2) is 0 Å². The van der Waals surface area contributed by atoms with E-state index in [1.54, 1.807) is 0 Å². The normalized spacial score (nSPS) is 16.0. The molecule has 0 bridgehead atoms. The zero-order valence-electron chi connectivity index (χ0n) is 18.5. The number of ether oxygens (including phenoxy) is 1. The maximum Gasteiger partial charge on any atom is 0.119 e. The second-order valence-electron chi connectivity index (χ2n) is 8.26. The van der Waals surface area contributed by atoms with Gasteiger partial charge in [-0.15, -0.1) is 0 Å². The van der Waals surface area contributed by atoms with Gasteiger partial charge < -0.3 is 9.84 Å². The summed E-state index contributed by atoms with van der Waals surface area (Å²) in [7, 11) is 0. The maximum atomic E-state index is 10.8. The molecule has 1 aliphatic rings. The molecule has 0 saturated carbocycles. The van der Waals surface area contributed by atoms with Crippen molar-refractivity contribution in [2.75, 3.05) is 26.2 Å². The zero-order valence-corrected chi connectivity index (χ0v) is 20.7. The average molecular weight is 539 g/mol. The molecule has 4 heteroatoms. The van der Waals surface area contributed by atoms with Gasteiger partial charge in [0.2, 0.25) is 0 Å². The highest BCUT2D eigenvalue weighted by Gasteiger charge is 2.18. The molecule has 166 valence electrons. The number of aliphatic hydroxyl groups is 1. The summed E-state index contributed by atoms with van der Waals surface area (Å²) in [6.45, 7) is 5.91. The highest BCUT2D eigenvalue weighted by Crippen LogP contribution is 2.35. The lowest BCUT2D eigenvalue weighted by atomic mass is 9.87. The SMILES string of the molecule is CC(O)/C(=C(\c1ccc(I)cc1)c1ccc(OCCN2CCCC2)cc1)c1ccccc1.